The Morgan fingerprint density at radius 1 is 0.964 bits per heavy atom. The van der Waals surface area contributed by atoms with Crippen molar-refractivity contribution in [3.8, 4) is 0 Å². The van der Waals surface area contributed by atoms with Crippen LogP contribution in [0.5, 0.6) is 0 Å². The van der Waals surface area contributed by atoms with Crippen molar-refractivity contribution in [3.05, 3.63) is 35.9 Å². The van der Waals surface area contributed by atoms with Crippen LogP contribution in [0.3, 0.4) is 0 Å². The Hall–Kier alpha value is -1.69. The number of ether oxygens (including phenoxy) is 2. The molecule has 0 amide bonds. The molecule has 15 heteroatoms. The highest BCUT2D eigenvalue weighted by Crippen LogP contribution is 2.29. The van der Waals surface area contributed by atoms with Gasteiger partial charge >= 0.3 is 26.8 Å². The van der Waals surface area contributed by atoms with Gasteiger partial charge in [0.25, 0.3) is 0 Å². The average Bonchev–Trinajstić information content (AvgIpc) is 2.58. The van der Waals surface area contributed by atoms with Crippen LogP contribution in [0, 0.1) is 0 Å². The van der Waals surface area contributed by atoms with Crippen LogP contribution in [0.15, 0.2) is 30.3 Å². The zero-order valence-electron chi connectivity index (χ0n) is 13.8. The van der Waals surface area contributed by atoms with Crippen LogP contribution in [0.2, 0.25) is 0 Å². The molecule has 13 nitrogen and oxygen atoms in total. The van der Waals surface area contributed by atoms with E-state index >= 15 is 0 Å². The molecule has 0 aromatic heterocycles. The van der Waals surface area contributed by atoms with E-state index in [9.17, 15) is 31.8 Å². The summed E-state index contributed by atoms with van der Waals surface area (Å²) in [5.74, 6) is -1.12. The lowest BCUT2D eigenvalue weighted by Crippen LogP contribution is -2.62. The van der Waals surface area contributed by atoms with Crippen LogP contribution in [-0.2, 0) is 38.6 Å². The molecule has 2 rings (SSSR count). The summed E-state index contributed by atoms with van der Waals surface area (Å²) in [5.41, 5.74) is -0.0553. The fourth-order valence-electron chi connectivity index (χ4n) is 2.44. The number of hydrogen-bond acceptors (Lipinski definition) is 11. The summed E-state index contributed by atoms with van der Waals surface area (Å²) < 4.78 is 80.5. The van der Waals surface area contributed by atoms with Gasteiger partial charge in [-0.3, -0.25) is 9.11 Å². The minimum Gasteiger partial charge on any atom is -0.453 e. The standard InChI is InChI=1S/C13H16O13S2/c14-6-8-9(25-27(17,18)19)10(11(13(16)23-8)26-28(20,21)22)24-12(15)7-4-2-1-3-5-7/h1-5,8-11,13-14,16H,6H2,(H,17,18,19)(H,20,21,22)/t8-,9-,10+,11+,13+/m1/s1. The highest BCUT2D eigenvalue weighted by molar-refractivity contribution is 7.81. The van der Waals surface area contributed by atoms with Crippen LogP contribution < -0.4 is 0 Å². The average molecular weight is 444 g/mol. The number of carbonyl (C=O) groups excluding carboxylic acids is 1. The molecule has 1 aliphatic heterocycles. The maximum atomic E-state index is 12.3. The summed E-state index contributed by atoms with van der Waals surface area (Å²) in [6.07, 6.45) is -10.2. The number of carbonyl (C=O) groups is 1. The zero-order chi connectivity index (χ0) is 21.1. The van der Waals surface area contributed by atoms with Crippen molar-refractivity contribution >= 4 is 26.8 Å². The summed E-state index contributed by atoms with van der Waals surface area (Å²) in [5, 5.41) is 19.2. The predicted molar refractivity (Wildman–Crippen MR) is 86.5 cm³/mol. The second kappa shape index (κ2) is 8.76. The molecule has 0 saturated carbocycles. The van der Waals surface area contributed by atoms with Crippen molar-refractivity contribution in [2.45, 2.75) is 30.7 Å². The number of hydrogen-bond donors (Lipinski definition) is 4. The van der Waals surface area contributed by atoms with Gasteiger partial charge in [-0.05, 0) is 12.1 Å². The molecule has 1 aliphatic rings. The Labute approximate surface area is 159 Å². The largest absolute Gasteiger partial charge is 0.453 e. The molecular weight excluding hydrogens is 428 g/mol. The first-order chi connectivity index (χ1) is 12.9. The molecule has 0 radical (unpaired) electrons. The predicted octanol–water partition coefficient (Wildman–Crippen LogP) is -1.70. The van der Waals surface area contributed by atoms with E-state index in [1.807, 2.05) is 0 Å². The second-order valence-electron chi connectivity index (χ2n) is 5.46. The van der Waals surface area contributed by atoms with Gasteiger partial charge in [0.2, 0.25) is 0 Å². The SMILES string of the molecule is O=C(O[C@@H]1[C@H](OS(=O)(=O)O)[C@@H](O)O[C@H](CO)[C@H]1OS(=O)(=O)O)c1ccccc1. The van der Waals surface area contributed by atoms with Gasteiger partial charge in [0.1, 0.15) is 12.2 Å². The Morgan fingerprint density at radius 2 is 1.50 bits per heavy atom. The van der Waals surface area contributed by atoms with E-state index in [1.165, 1.54) is 24.3 Å². The van der Waals surface area contributed by atoms with E-state index in [-0.39, 0.29) is 5.56 Å². The van der Waals surface area contributed by atoms with E-state index in [2.05, 4.69) is 8.37 Å². The van der Waals surface area contributed by atoms with Gasteiger partial charge in [0.15, 0.2) is 18.5 Å². The molecule has 4 N–H and O–H groups in total. The van der Waals surface area contributed by atoms with Crippen LogP contribution in [0.1, 0.15) is 10.4 Å². The number of rotatable bonds is 7. The minimum atomic E-state index is -5.24. The van der Waals surface area contributed by atoms with Gasteiger partial charge in [0.05, 0.1) is 12.2 Å². The summed E-state index contributed by atoms with van der Waals surface area (Å²) in [6.45, 7) is -0.991. The molecule has 5 atom stereocenters. The molecule has 1 saturated heterocycles. The molecule has 1 heterocycles. The van der Waals surface area contributed by atoms with Crippen molar-refractivity contribution in [1.82, 2.24) is 0 Å². The lowest BCUT2D eigenvalue weighted by atomic mass is 9.99. The first kappa shape index (κ1) is 22.6. The quantitative estimate of drug-likeness (QED) is 0.274. The van der Waals surface area contributed by atoms with Crippen molar-refractivity contribution < 1.29 is 58.8 Å². The number of esters is 1. The van der Waals surface area contributed by atoms with Crippen LogP contribution in [-0.4, -0.2) is 79.4 Å². The fraction of sp³-hybridized carbons (Fsp3) is 0.462. The van der Waals surface area contributed by atoms with Gasteiger partial charge < -0.3 is 19.7 Å². The fourth-order valence-corrected chi connectivity index (χ4v) is 3.44. The zero-order valence-corrected chi connectivity index (χ0v) is 15.4. The topological polar surface area (TPSA) is 203 Å². The highest BCUT2D eigenvalue weighted by Gasteiger charge is 2.52. The molecule has 158 valence electrons. The lowest BCUT2D eigenvalue weighted by Gasteiger charge is -2.41. The lowest BCUT2D eigenvalue weighted by molar-refractivity contribution is -0.275. The van der Waals surface area contributed by atoms with Crippen molar-refractivity contribution in [1.29, 1.82) is 0 Å². The first-order valence-corrected chi connectivity index (χ1v) is 10.2. The summed E-state index contributed by atoms with van der Waals surface area (Å²) in [4.78, 5) is 12.3. The normalized spacial score (nSPS) is 28.6. The van der Waals surface area contributed by atoms with Gasteiger partial charge in [0, 0.05) is 0 Å². The molecule has 28 heavy (non-hydrogen) atoms. The van der Waals surface area contributed by atoms with Crippen molar-refractivity contribution in [2.75, 3.05) is 6.61 Å². The molecule has 0 unspecified atom stereocenters. The monoisotopic (exact) mass is 444 g/mol. The van der Waals surface area contributed by atoms with Crippen LogP contribution in [0.4, 0.5) is 0 Å². The smallest absolute Gasteiger partial charge is 0.397 e. The maximum absolute atomic E-state index is 12.3. The van der Waals surface area contributed by atoms with Gasteiger partial charge in [-0.2, -0.15) is 16.8 Å². The third kappa shape index (κ3) is 6.16. The molecule has 1 aromatic carbocycles. The van der Waals surface area contributed by atoms with E-state index in [1.54, 1.807) is 6.07 Å². The molecular formula is C13H16O13S2. The Morgan fingerprint density at radius 3 is 2.00 bits per heavy atom. The Kier molecular flexibility index (Phi) is 7.07. The first-order valence-electron chi connectivity index (χ1n) is 7.43. The van der Waals surface area contributed by atoms with E-state index in [0.29, 0.717) is 0 Å². The molecule has 0 bridgehead atoms. The van der Waals surface area contributed by atoms with E-state index < -0.39 is 64.1 Å². The highest BCUT2D eigenvalue weighted by atomic mass is 32.3. The number of aliphatic hydroxyl groups is 2. The van der Waals surface area contributed by atoms with Gasteiger partial charge in [-0.15, -0.1) is 0 Å². The van der Waals surface area contributed by atoms with Gasteiger partial charge in [-0.25, -0.2) is 13.2 Å². The Bertz CT molecular complexity index is 882. The van der Waals surface area contributed by atoms with E-state index in [0.717, 1.165) is 0 Å². The molecule has 1 fully saturated rings. The maximum Gasteiger partial charge on any atom is 0.397 e. The number of benzene rings is 1. The van der Waals surface area contributed by atoms with Crippen LogP contribution >= 0.6 is 0 Å². The van der Waals surface area contributed by atoms with Crippen LogP contribution in [0.25, 0.3) is 0 Å². The molecule has 0 aliphatic carbocycles. The minimum absolute atomic E-state index is 0.0553. The summed E-state index contributed by atoms with van der Waals surface area (Å²) in [7, 11) is -10.5. The molecule has 1 aromatic rings. The van der Waals surface area contributed by atoms with Crippen molar-refractivity contribution in [3.63, 3.8) is 0 Å². The molecule has 0 spiro atoms. The van der Waals surface area contributed by atoms with E-state index in [4.69, 9.17) is 18.6 Å². The van der Waals surface area contributed by atoms with Gasteiger partial charge in [-0.1, -0.05) is 18.2 Å². The Balaban J connectivity index is 2.43. The summed E-state index contributed by atoms with van der Waals surface area (Å²) >= 11 is 0. The third-order valence-corrected chi connectivity index (χ3v) is 4.44. The third-order valence-electron chi connectivity index (χ3n) is 3.51. The summed E-state index contributed by atoms with van der Waals surface area (Å²) in [6, 6.07) is 7.11. The second-order valence-corrected chi connectivity index (χ2v) is 7.56. The number of aliphatic hydroxyl groups excluding tert-OH is 2. The van der Waals surface area contributed by atoms with Crippen molar-refractivity contribution in [2.24, 2.45) is 0 Å².